The molecule has 0 aliphatic heterocycles. The number of hydrogen-bond donors (Lipinski definition) is 1. The molecule has 0 heterocycles. The van der Waals surface area contributed by atoms with Crippen LogP contribution >= 0.6 is 0 Å². The molecule has 0 radical (unpaired) electrons. The normalized spacial score (nSPS) is 12.6. The van der Waals surface area contributed by atoms with Gasteiger partial charge in [-0.3, -0.25) is 4.79 Å². The molecule has 0 spiro atoms. The molecule has 3 heteroatoms. The lowest BCUT2D eigenvalue weighted by molar-refractivity contribution is -0.142. The van der Waals surface area contributed by atoms with E-state index in [1.54, 1.807) is 0 Å². The highest BCUT2D eigenvalue weighted by Gasteiger charge is 2.11. The Labute approximate surface area is 133 Å². The Hall–Kier alpha value is -1.87. The molecule has 120 valence electrons. The molecule has 22 heavy (non-hydrogen) atoms. The van der Waals surface area contributed by atoms with Gasteiger partial charge >= 0.3 is 5.97 Å². The van der Waals surface area contributed by atoms with Crippen LogP contribution in [0.4, 0.5) is 0 Å². The summed E-state index contributed by atoms with van der Waals surface area (Å²) in [7, 11) is 0. The minimum Gasteiger partial charge on any atom is -0.461 e. The van der Waals surface area contributed by atoms with Crippen LogP contribution in [-0.4, -0.2) is 12.6 Å². The van der Waals surface area contributed by atoms with Crippen LogP contribution < -0.4 is 5.73 Å². The van der Waals surface area contributed by atoms with Gasteiger partial charge in [0.2, 0.25) is 0 Å². The van der Waals surface area contributed by atoms with Crippen molar-refractivity contribution in [2.24, 2.45) is 5.73 Å². The summed E-state index contributed by atoms with van der Waals surface area (Å²) < 4.78 is 5.22. The first-order valence-electron chi connectivity index (χ1n) is 7.74. The van der Waals surface area contributed by atoms with E-state index in [2.05, 4.69) is 26.8 Å². The zero-order valence-electron chi connectivity index (χ0n) is 13.8. The van der Waals surface area contributed by atoms with E-state index in [0.717, 1.165) is 18.4 Å². The van der Waals surface area contributed by atoms with Gasteiger partial charge in [0.25, 0.3) is 0 Å². The summed E-state index contributed by atoms with van der Waals surface area (Å²) in [6.45, 7) is 6.57. The Kier molecular flexibility index (Phi) is 8.23. The van der Waals surface area contributed by atoms with Gasteiger partial charge in [-0.2, -0.15) is 0 Å². The molecular weight excluding hydrogens is 274 g/mol. The maximum atomic E-state index is 11.8. The summed E-state index contributed by atoms with van der Waals surface area (Å²) in [5.74, 6) is -0.260. The van der Waals surface area contributed by atoms with E-state index in [9.17, 15) is 4.79 Å². The predicted octanol–water partition coefficient (Wildman–Crippen LogP) is 4.31. The van der Waals surface area contributed by atoms with E-state index < -0.39 is 0 Å². The van der Waals surface area contributed by atoms with Gasteiger partial charge in [0.1, 0.15) is 6.61 Å². The van der Waals surface area contributed by atoms with Crippen LogP contribution in [0, 0.1) is 0 Å². The first-order chi connectivity index (χ1) is 10.5. The van der Waals surface area contributed by atoms with Crippen molar-refractivity contribution in [3.63, 3.8) is 0 Å². The summed E-state index contributed by atoms with van der Waals surface area (Å²) in [6.07, 6.45) is 6.39. The fourth-order valence-electron chi connectivity index (χ4n) is 2.02. The summed E-state index contributed by atoms with van der Waals surface area (Å²) in [5, 5.41) is 0. The lowest BCUT2D eigenvalue weighted by Gasteiger charge is -2.11. The van der Waals surface area contributed by atoms with Crippen molar-refractivity contribution in [3.8, 4) is 0 Å². The molecule has 0 unspecified atom stereocenters. The van der Waals surface area contributed by atoms with Gasteiger partial charge in [-0.05, 0) is 45.3 Å². The van der Waals surface area contributed by atoms with Crippen LogP contribution in [0.15, 0.2) is 53.6 Å². The molecule has 1 aromatic rings. The zero-order valence-corrected chi connectivity index (χ0v) is 13.8. The van der Waals surface area contributed by atoms with Crippen molar-refractivity contribution in [1.29, 1.82) is 0 Å². The molecule has 1 aromatic carbocycles. The number of carbonyl (C=O) groups excluding carboxylic acids is 1. The van der Waals surface area contributed by atoms with Gasteiger partial charge in [-0.15, -0.1) is 0 Å². The minimum absolute atomic E-state index is 0.203. The molecule has 1 atom stereocenters. The van der Waals surface area contributed by atoms with Gasteiger partial charge in [-0.1, -0.05) is 47.6 Å². The Bertz CT molecular complexity index is 513. The zero-order chi connectivity index (χ0) is 16.4. The maximum Gasteiger partial charge on any atom is 0.308 e. The van der Waals surface area contributed by atoms with Gasteiger partial charge in [0.05, 0.1) is 6.42 Å². The second kappa shape index (κ2) is 9.96. The number of rotatable bonds is 8. The van der Waals surface area contributed by atoms with Crippen molar-refractivity contribution in [1.82, 2.24) is 0 Å². The van der Waals surface area contributed by atoms with Crippen LogP contribution in [0.5, 0.6) is 0 Å². The van der Waals surface area contributed by atoms with Crippen molar-refractivity contribution in [3.05, 3.63) is 59.2 Å². The van der Waals surface area contributed by atoms with E-state index in [0.29, 0.717) is 6.61 Å². The monoisotopic (exact) mass is 301 g/mol. The number of nitrogens with two attached hydrogens (primary N) is 1. The summed E-state index contributed by atoms with van der Waals surface area (Å²) in [4.78, 5) is 11.8. The quantitative estimate of drug-likeness (QED) is 0.575. The molecule has 0 amide bonds. The van der Waals surface area contributed by atoms with Gasteiger partial charge in [0, 0.05) is 6.04 Å². The Morgan fingerprint density at radius 3 is 2.50 bits per heavy atom. The molecule has 1 rings (SSSR count). The van der Waals surface area contributed by atoms with Crippen molar-refractivity contribution >= 4 is 5.97 Å². The fraction of sp³-hybridized carbons (Fsp3) is 0.421. The average Bonchev–Trinajstić information content (AvgIpc) is 2.47. The van der Waals surface area contributed by atoms with Crippen molar-refractivity contribution < 1.29 is 9.53 Å². The Balaban J connectivity index is 2.29. The molecule has 0 saturated heterocycles. The van der Waals surface area contributed by atoms with Gasteiger partial charge in [-0.25, -0.2) is 0 Å². The highest BCUT2D eigenvalue weighted by atomic mass is 16.5. The Morgan fingerprint density at radius 2 is 1.86 bits per heavy atom. The lowest BCUT2D eigenvalue weighted by atomic mass is 10.1. The van der Waals surface area contributed by atoms with Crippen molar-refractivity contribution in [2.75, 3.05) is 6.61 Å². The number of benzene rings is 1. The fourth-order valence-corrected chi connectivity index (χ4v) is 2.02. The second-order valence-corrected chi connectivity index (χ2v) is 5.77. The van der Waals surface area contributed by atoms with E-state index in [-0.39, 0.29) is 18.4 Å². The number of carbonyl (C=O) groups is 1. The third-order valence-electron chi connectivity index (χ3n) is 3.38. The molecule has 3 nitrogen and oxygen atoms in total. The predicted molar refractivity (Wildman–Crippen MR) is 91.4 cm³/mol. The second-order valence-electron chi connectivity index (χ2n) is 5.77. The number of hydrogen-bond acceptors (Lipinski definition) is 3. The Morgan fingerprint density at radius 1 is 1.18 bits per heavy atom. The molecule has 2 N–H and O–H groups in total. The molecular formula is C19H27NO2. The van der Waals surface area contributed by atoms with Crippen molar-refractivity contribution in [2.45, 2.75) is 46.1 Å². The van der Waals surface area contributed by atoms with Crippen LogP contribution in [0.2, 0.25) is 0 Å². The molecule has 0 aliphatic carbocycles. The first kappa shape index (κ1) is 18.2. The van der Waals surface area contributed by atoms with Crippen LogP contribution in [0.25, 0.3) is 0 Å². The molecule has 0 aromatic heterocycles. The summed E-state index contributed by atoms with van der Waals surface area (Å²) in [5.41, 5.74) is 9.51. The average molecular weight is 301 g/mol. The highest BCUT2D eigenvalue weighted by molar-refractivity contribution is 5.70. The minimum atomic E-state index is -0.309. The van der Waals surface area contributed by atoms with E-state index >= 15 is 0 Å². The number of esters is 1. The highest BCUT2D eigenvalue weighted by Crippen LogP contribution is 2.14. The first-order valence-corrected chi connectivity index (χ1v) is 7.74. The lowest BCUT2D eigenvalue weighted by Crippen LogP contribution is -2.17. The summed E-state index contributed by atoms with van der Waals surface area (Å²) in [6, 6.07) is 9.29. The third kappa shape index (κ3) is 7.79. The van der Waals surface area contributed by atoms with Gasteiger partial charge < -0.3 is 10.5 Å². The summed E-state index contributed by atoms with van der Waals surface area (Å²) >= 11 is 0. The molecule has 0 bridgehead atoms. The largest absolute Gasteiger partial charge is 0.461 e. The SMILES string of the molecule is CC(C)=CCCC(C)=CCOC(=O)C[C@@H](N)c1ccccc1. The smallest absolute Gasteiger partial charge is 0.308 e. The third-order valence-corrected chi connectivity index (χ3v) is 3.38. The van der Waals surface area contributed by atoms with Gasteiger partial charge in [0.15, 0.2) is 0 Å². The van der Waals surface area contributed by atoms with Crippen LogP contribution in [0.1, 0.15) is 51.6 Å². The maximum absolute atomic E-state index is 11.8. The standard InChI is InChI=1S/C19H27NO2/c1-15(2)8-7-9-16(3)12-13-22-19(21)14-18(20)17-10-5-4-6-11-17/h4-6,8,10-12,18H,7,9,13-14,20H2,1-3H3/t18-/m1/s1. The van der Waals surface area contributed by atoms with Crippen LogP contribution in [0.3, 0.4) is 0 Å². The number of ether oxygens (including phenoxy) is 1. The molecule has 0 aliphatic rings. The van der Waals surface area contributed by atoms with E-state index in [1.165, 1.54) is 11.1 Å². The van der Waals surface area contributed by atoms with Crippen LogP contribution in [-0.2, 0) is 9.53 Å². The number of allylic oxidation sites excluding steroid dienone is 3. The topological polar surface area (TPSA) is 52.3 Å². The van der Waals surface area contributed by atoms with E-state index in [4.69, 9.17) is 10.5 Å². The van der Waals surface area contributed by atoms with E-state index in [1.807, 2.05) is 36.4 Å². The molecule has 0 fully saturated rings. The molecule has 0 saturated carbocycles.